The van der Waals surface area contributed by atoms with Crippen LogP contribution in [0.15, 0.2) is 67.1 Å². The minimum Gasteiger partial charge on any atom is -0.545 e. The molecule has 2 aromatic carbocycles. The number of carbonyl (C=O) groups is 1. The van der Waals surface area contributed by atoms with Gasteiger partial charge >= 0.3 is 35.7 Å². The van der Waals surface area contributed by atoms with Gasteiger partial charge in [-0.05, 0) is 34.9 Å². The first-order valence-corrected chi connectivity index (χ1v) is 9.24. The van der Waals surface area contributed by atoms with Crippen LogP contribution in [-0.4, -0.2) is 15.5 Å². The van der Waals surface area contributed by atoms with Crippen molar-refractivity contribution in [2.75, 3.05) is 0 Å². The summed E-state index contributed by atoms with van der Waals surface area (Å²) in [5.41, 5.74) is 1.20. The molecule has 0 aliphatic heterocycles. The molecule has 0 N–H and O–H groups in total. The van der Waals surface area contributed by atoms with Gasteiger partial charge in [-0.2, -0.15) is 13.2 Å². The van der Waals surface area contributed by atoms with Gasteiger partial charge in [-0.15, -0.1) is 0 Å². The number of carboxylic acid groups (broad SMARTS) is 1. The number of benzene rings is 2. The molecule has 0 atom stereocenters. The van der Waals surface area contributed by atoms with E-state index in [0.29, 0.717) is 11.3 Å². The van der Waals surface area contributed by atoms with Crippen molar-refractivity contribution in [2.24, 2.45) is 0 Å². The number of aromatic nitrogens is 2. The predicted molar refractivity (Wildman–Crippen MR) is 105 cm³/mol. The number of halogens is 4. The Morgan fingerprint density at radius 3 is 2.39 bits per heavy atom. The Kier molecular flexibility index (Phi) is 6.81. The molecule has 0 bridgehead atoms. The molecule has 2 aromatic heterocycles. The molecule has 31 heavy (non-hydrogen) atoms. The van der Waals surface area contributed by atoms with Gasteiger partial charge in [-0.25, -0.2) is 0 Å². The molecule has 2 heterocycles. The second kappa shape index (κ2) is 9.04. The number of carboxylic acids is 1. The third kappa shape index (κ3) is 4.65. The summed E-state index contributed by atoms with van der Waals surface area (Å²) in [5.74, 6) is -1.29. The average Bonchev–Trinajstić information content (AvgIpc) is 3.07. The van der Waals surface area contributed by atoms with E-state index in [4.69, 9.17) is 11.6 Å². The van der Waals surface area contributed by atoms with E-state index in [1.165, 1.54) is 18.3 Å². The van der Waals surface area contributed by atoms with Gasteiger partial charge in [-0.3, -0.25) is 4.98 Å². The number of carbonyl (C=O) groups excluding carboxylic acids is 1. The molecule has 9 heteroatoms. The second-order valence-corrected chi connectivity index (χ2v) is 7.10. The summed E-state index contributed by atoms with van der Waals surface area (Å²) in [6.45, 7) is 0. The van der Waals surface area contributed by atoms with Crippen LogP contribution in [0.3, 0.4) is 0 Å². The van der Waals surface area contributed by atoms with Crippen molar-refractivity contribution in [2.45, 2.75) is 12.6 Å². The topological polar surface area (TPSA) is 57.9 Å². The Balaban J connectivity index is 0.00000272. The van der Waals surface area contributed by atoms with Crippen molar-refractivity contribution in [3.05, 3.63) is 94.4 Å². The number of hydrogen-bond donors (Lipinski definition) is 0. The molecule has 0 aliphatic carbocycles. The summed E-state index contributed by atoms with van der Waals surface area (Å²) in [7, 11) is 0. The summed E-state index contributed by atoms with van der Waals surface area (Å²) in [6.07, 6.45) is -0.911. The van der Waals surface area contributed by atoms with Crippen LogP contribution in [0.25, 0.3) is 16.6 Å². The minimum atomic E-state index is -4.58. The number of rotatable bonds is 4. The Hall–Kier alpha value is -2.32. The largest absolute Gasteiger partial charge is 1.00 e. The van der Waals surface area contributed by atoms with Crippen LogP contribution in [0.5, 0.6) is 0 Å². The molecular formula is C22H13ClF3N2NaO2. The smallest absolute Gasteiger partial charge is 0.545 e. The van der Waals surface area contributed by atoms with Crippen LogP contribution in [-0.2, 0) is 12.6 Å². The number of hydrogen-bond acceptors (Lipinski definition) is 3. The van der Waals surface area contributed by atoms with Crippen LogP contribution in [0.1, 0.15) is 27.0 Å². The number of aromatic carboxylic acids is 1. The summed E-state index contributed by atoms with van der Waals surface area (Å²) in [6, 6.07) is 13.3. The number of pyridine rings is 1. The van der Waals surface area contributed by atoms with Gasteiger partial charge in [0.25, 0.3) is 0 Å². The maximum Gasteiger partial charge on any atom is 1.00 e. The average molecular weight is 453 g/mol. The standard InChI is InChI=1S/C22H14ClF3N2O2.Na/c23-19-11-27-10-18(22(24,25)26)17(19)9-14-12-28(20-4-2-1-3-16(14)20)15-7-5-13(6-8-15)21(29)30;/h1-8,10-12H,9H2,(H,29,30);/q;+1/p-1. The molecule has 152 valence electrons. The Labute approximate surface area is 202 Å². The maximum absolute atomic E-state index is 13.5. The Bertz CT molecular complexity index is 1250. The van der Waals surface area contributed by atoms with Crippen LogP contribution in [0, 0.1) is 0 Å². The fraction of sp³-hybridized carbons (Fsp3) is 0.0909. The van der Waals surface area contributed by atoms with Gasteiger partial charge < -0.3 is 14.5 Å². The maximum atomic E-state index is 13.5. The van der Waals surface area contributed by atoms with E-state index in [1.54, 1.807) is 29.0 Å². The van der Waals surface area contributed by atoms with E-state index >= 15 is 0 Å². The van der Waals surface area contributed by atoms with Crippen LogP contribution < -0.4 is 34.7 Å². The number of alkyl halides is 3. The monoisotopic (exact) mass is 452 g/mol. The van der Waals surface area contributed by atoms with Crippen molar-refractivity contribution in [1.29, 1.82) is 0 Å². The zero-order valence-electron chi connectivity index (χ0n) is 16.3. The van der Waals surface area contributed by atoms with E-state index in [-0.39, 0.29) is 52.1 Å². The first-order chi connectivity index (χ1) is 14.3. The van der Waals surface area contributed by atoms with Gasteiger partial charge in [-0.1, -0.05) is 41.9 Å². The predicted octanol–water partition coefficient (Wildman–Crippen LogP) is 1.66. The molecule has 0 aliphatic rings. The SMILES string of the molecule is O=C([O-])c1ccc(-n2cc(Cc3c(Cl)cncc3C(F)(F)F)c3ccccc32)cc1.[Na+]. The van der Waals surface area contributed by atoms with Gasteiger partial charge in [0.1, 0.15) is 0 Å². The van der Waals surface area contributed by atoms with Crippen molar-refractivity contribution >= 4 is 28.5 Å². The van der Waals surface area contributed by atoms with Crippen LogP contribution in [0.2, 0.25) is 5.02 Å². The number of fused-ring (bicyclic) bond motifs is 1. The van der Waals surface area contributed by atoms with Crippen molar-refractivity contribution < 1.29 is 52.6 Å². The van der Waals surface area contributed by atoms with E-state index in [2.05, 4.69) is 4.98 Å². The molecular weight excluding hydrogens is 440 g/mol. The first kappa shape index (κ1) is 23.3. The van der Waals surface area contributed by atoms with Crippen molar-refractivity contribution in [3.63, 3.8) is 0 Å². The molecule has 0 spiro atoms. The summed E-state index contributed by atoms with van der Waals surface area (Å²) in [4.78, 5) is 14.6. The Morgan fingerprint density at radius 1 is 1.06 bits per heavy atom. The van der Waals surface area contributed by atoms with E-state index in [9.17, 15) is 23.1 Å². The van der Waals surface area contributed by atoms with Crippen molar-refractivity contribution in [3.8, 4) is 5.69 Å². The van der Waals surface area contributed by atoms with Gasteiger partial charge in [0, 0.05) is 36.1 Å². The van der Waals surface area contributed by atoms with E-state index < -0.39 is 17.7 Å². The molecule has 4 nitrogen and oxygen atoms in total. The quantitative estimate of drug-likeness (QED) is 0.443. The Morgan fingerprint density at radius 2 is 1.74 bits per heavy atom. The molecule has 0 radical (unpaired) electrons. The fourth-order valence-corrected chi connectivity index (χ4v) is 3.66. The third-order valence-electron chi connectivity index (χ3n) is 4.85. The molecule has 0 saturated heterocycles. The molecule has 4 rings (SSSR count). The van der Waals surface area contributed by atoms with Crippen LogP contribution >= 0.6 is 11.6 Å². The zero-order valence-corrected chi connectivity index (χ0v) is 19.0. The van der Waals surface area contributed by atoms with Gasteiger partial charge in [0.05, 0.1) is 22.1 Å². The van der Waals surface area contributed by atoms with E-state index in [0.717, 1.165) is 17.1 Å². The normalized spacial score (nSPS) is 11.4. The van der Waals surface area contributed by atoms with E-state index in [1.807, 2.05) is 18.2 Å². The molecule has 0 amide bonds. The summed E-state index contributed by atoms with van der Waals surface area (Å²) >= 11 is 6.08. The van der Waals surface area contributed by atoms with Gasteiger partial charge in [0.2, 0.25) is 0 Å². The van der Waals surface area contributed by atoms with Gasteiger partial charge in [0.15, 0.2) is 0 Å². The fourth-order valence-electron chi connectivity index (χ4n) is 3.44. The third-order valence-corrected chi connectivity index (χ3v) is 5.18. The summed E-state index contributed by atoms with van der Waals surface area (Å²) in [5, 5.41) is 11.7. The number of nitrogens with zero attached hydrogens (tertiary/aromatic N) is 2. The molecule has 0 fully saturated rings. The second-order valence-electron chi connectivity index (χ2n) is 6.70. The molecule has 0 saturated carbocycles. The minimum absolute atomic E-state index is 0. The molecule has 4 aromatic rings. The van der Waals surface area contributed by atoms with Crippen molar-refractivity contribution in [1.82, 2.24) is 9.55 Å². The summed E-state index contributed by atoms with van der Waals surface area (Å²) < 4.78 is 42.2. The first-order valence-electron chi connectivity index (χ1n) is 8.86. The van der Waals surface area contributed by atoms with Crippen LogP contribution in [0.4, 0.5) is 13.2 Å². The zero-order chi connectivity index (χ0) is 21.5. The number of para-hydroxylation sites is 1. The molecule has 0 unspecified atom stereocenters.